The number of aromatic amines is 1. The average molecular weight is 343 g/mol. The van der Waals surface area contributed by atoms with E-state index in [1.165, 1.54) is 24.2 Å². The molecule has 0 bridgehead atoms. The summed E-state index contributed by atoms with van der Waals surface area (Å²) in [6, 6.07) is 5.72. The molecule has 0 amide bonds. The van der Waals surface area contributed by atoms with Gasteiger partial charge in [-0.3, -0.25) is 4.79 Å². The second kappa shape index (κ2) is 7.40. The van der Waals surface area contributed by atoms with Gasteiger partial charge in [0.05, 0.1) is 30.3 Å². The van der Waals surface area contributed by atoms with Gasteiger partial charge in [0.25, 0.3) is 0 Å². The summed E-state index contributed by atoms with van der Waals surface area (Å²) >= 11 is 0. The Morgan fingerprint density at radius 1 is 1.36 bits per heavy atom. The molecule has 3 rings (SSSR count). The highest BCUT2D eigenvalue weighted by atomic mass is 16.5. The summed E-state index contributed by atoms with van der Waals surface area (Å²) in [5.74, 6) is -0.388. The molecular formula is C20H27N2O3+. The van der Waals surface area contributed by atoms with Crippen LogP contribution in [0.1, 0.15) is 54.7 Å². The van der Waals surface area contributed by atoms with Crippen molar-refractivity contribution in [2.45, 2.75) is 52.6 Å². The molecule has 2 heterocycles. The summed E-state index contributed by atoms with van der Waals surface area (Å²) in [5.41, 5.74) is 2.97. The Balaban J connectivity index is 2.00. The van der Waals surface area contributed by atoms with Gasteiger partial charge in [-0.05, 0) is 58.2 Å². The van der Waals surface area contributed by atoms with Gasteiger partial charge in [0, 0.05) is 16.6 Å². The Bertz CT molecular complexity index is 841. The second-order valence-electron chi connectivity index (χ2n) is 7.02. The van der Waals surface area contributed by atoms with Crippen molar-refractivity contribution in [3.05, 3.63) is 45.2 Å². The van der Waals surface area contributed by atoms with Crippen molar-refractivity contribution < 1.29 is 14.4 Å². The van der Waals surface area contributed by atoms with E-state index in [-0.39, 0.29) is 11.4 Å². The third-order valence-electron chi connectivity index (χ3n) is 5.31. The molecule has 1 aliphatic heterocycles. The molecule has 0 aliphatic carbocycles. The smallest absolute Gasteiger partial charge is 0.338 e. The number of pyridine rings is 1. The first-order valence-corrected chi connectivity index (χ1v) is 9.18. The monoisotopic (exact) mass is 343 g/mol. The number of rotatable bonds is 4. The van der Waals surface area contributed by atoms with E-state index >= 15 is 0 Å². The highest BCUT2D eigenvalue weighted by molar-refractivity contribution is 5.94. The number of aryl methyl sites for hydroxylation is 1. The number of esters is 1. The highest BCUT2D eigenvalue weighted by Crippen LogP contribution is 2.15. The molecule has 2 aromatic rings. The number of likely N-dealkylation sites (tertiary alicyclic amines) is 1. The van der Waals surface area contributed by atoms with Crippen molar-refractivity contribution in [1.82, 2.24) is 4.98 Å². The molecule has 1 aliphatic rings. The lowest BCUT2D eigenvalue weighted by Gasteiger charge is -2.30. The molecule has 5 nitrogen and oxygen atoms in total. The van der Waals surface area contributed by atoms with Crippen LogP contribution < -0.4 is 10.3 Å². The summed E-state index contributed by atoms with van der Waals surface area (Å²) in [6.45, 7) is 8.17. The number of quaternary nitrogens is 1. The first-order valence-electron chi connectivity index (χ1n) is 9.18. The van der Waals surface area contributed by atoms with Gasteiger partial charge >= 0.3 is 5.97 Å². The first-order chi connectivity index (χ1) is 12.0. The van der Waals surface area contributed by atoms with Gasteiger partial charge in [-0.25, -0.2) is 4.79 Å². The van der Waals surface area contributed by atoms with Gasteiger partial charge in [0.1, 0.15) is 6.54 Å². The van der Waals surface area contributed by atoms with Gasteiger partial charge in [-0.1, -0.05) is 0 Å². The Morgan fingerprint density at radius 3 is 2.88 bits per heavy atom. The van der Waals surface area contributed by atoms with Crippen LogP contribution in [0.3, 0.4) is 0 Å². The fourth-order valence-corrected chi connectivity index (χ4v) is 3.75. The normalized spacial score (nSPS) is 20.6. The SMILES string of the molecule is CCOC(=O)c1ccc2[nH]c(C)c(C[NH+]3CCCCC3C)c(=O)c2c1. The number of piperidine rings is 1. The van der Waals surface area contributed by atoms with Crippen LogP contribution in [-0.2, 0) is 11.3 Å². The molecule has 25 heavy (non-hydrogen) atoms. The maximum absolute atomic E-state index is 13.1. The van der Waals surface area contributed by atoms with E-state index in [2.05, 4.69) is 11.9 Å². The molecular weight excluding hydrogens is 316 g/mol. The fraction of sp³-hybridized carbons (Fsp3) is 0.500. The van der Waals surface area contributed by atoms with E-state index in [0.29, 0.717) is 23.6 Å². The lowest BCUT2D eigenvalue weighted by atomic mass is 10.0. The van der Waals surface area contributed by atoms with Crippen LogP contribution in [0.25, 0.3) is 10.9 Å². The fourth-order valence-electron chi connectivity index (χ4n) is 3.75. The van der Waals surface area contributed by atoms with Crippen LogP contribution >= 0.6 is 0 Å². The molecule has 0 saturated carbocycles. The Kier molecular flexibility index (Phi) is 5.23. The van der Waals surface area contributed by atoms with Crippen molar-refractivity contribution in [3.63, 3.8) is 0 Å². The standard InChI is InChI=1S/C20H26N2O3/c1-4-25-20(24)15-8-9-18-16(11-15)19(23)17(14(3)21-18)12-22-10-6-5-7-13(22)2/h8-9,11,13H,4-7,10,12H2,1-3H3,(H,21,23)/p+1. The molecule has 5 heteroatoms. The van der Waals surface area contributed by atoms with Crippen molar-refractivity contribution >= 4 is 16.9 Å². The van der Waals surface area contributed by atoms with E-state index in [9.17, 15) is 9.59 Å². The summed E-state index contributed by atoms with van der Waals surface area (Å²) in [4.78, 5) is 29.9. The topological polar surface area (TPSA) is 63.6 Å². The number of ether oxygens (including phenoxy) is 1. The predicted molar refractivity (Wildman–Crippen MR) is 98.1 cm³/mol. The summed E-state index contributed by atoms with van der Waals surface area (Å²) in [5, 5.41) is 0.565. The number of hydrogen-bond acceptors (Lipinski definition) is 3. The number of fused-ring (bicyclic) bond motifs is 1. The zero-order valence-electron chi connectivity index (χ0n) is 15.3. The van der Waals surface area contributed by atoms with Gasteiger partial charge < -0.3 is 14.6 Å². The maximum atomic E-state index is 13.1. The van der Waals surface area contributed by atoms with Crippen molar-refractivity contribution in [1.29, 1.82) is 0 Å². The minimum atomic E-state index is -0.388. The number of carbonyl (C=O) groups excluding carboxylic acids is 1. The van der Waals surface area contributed by atoms with E-state index in [4.69, 9.17) is 4.74 Å². The van der Waals surface area contributed by atoms with Crippen LogP contribution in [0.15, 0.2) is 23.0 Å². The molecule has 1 aromatic carbocycles. The first kappa shape index (κ1) is 17.7. The molecule has 0 spiro atoms. The summed E-state index contributed by atoms with van der Waals surface area (Å²) < 4.78 is 5.05. The molecule has 1 fully saturated rings. The Morgan fingerprint density at radius 2 is 2.16 bits per heavy atom. The van der Waals surface area contributed by atoms with Crippen molar-refractivity contribution in [2.24, 2.45) is 0 Å². The minimum Gasteiger partial charge on any atom is -0.462 e. The lowest BCUT2D eigenvalue weighted by molar-refractivity contribution is -0.942. The number of aromatic nitrogens is 1. The van der Waals surface area contributed by atoms with E-state index in [1.54, 1.807) is 25.1 Å². The number of hydrogen-bond donors (Lipinski definition) is 2. The third kappa shape index (κ3) is 3.61. The van der Waals surface area contributed by atoms with Gasteiger partial charge in [-0.2, -0.15) is 0 Å². The number of benzene rings is 1. The zero-order valence-corrected chi connectivity index (χ0v) is 15.3. The molecule has 0 radical (unpaired) electrons. The van der Waals surface area contributed by atoms with Gasteiger partial charge in [-0.15, -0.1) is 0 Å². The van der Waals surface area contributed by atoms with E-state index in [1.807, 2.05) is 6.92 Å². The quantitative estimate of drug-likeness (QED) is 0.835. The Labute approximate surface area is 148 Å². The van der Waals surface area contributed by atoms with Crippen LogP contribution in [-0.4, -0.2) is 30.1 Å². The van der Waals surface area contributed by atoms with Crippen molar-refractivity contribution in [2.75, 3.05) is 13.2 Å². The number of nitrogens with one attached hydrogen (secondary N) is 2. The molecule has 2 atom stereocenters. The molecule has 1 aromatic heterocycles. The molecule has 1 saturated heterocycles. The van der Waals surface area contributed by atoms with Crippen LogP contribution in [0.5, 0.6) is 0 Å². The van der Waals surface area contributed by atoms with Gasteiger partial charge in [0.2, 0.25) is 0 Å². The number of carbonyl (C=O) groups is 1. The molecule has 134 valence electrons. The molecule has 2 unspecified atom stereocenters. The average Bonchev–Trinajstić information content (AvgIpc) is 2.60. The van der Waals surface area contributed by atoms with Crippen LogP contribution in [0.4, 0.5) is 0 Å². The summed E-state index contributed by atoms with van der Waals surface area (Å²) in [6.07, 6.45) is 3.71. The lowest BCUT2D eigenvalue weighted by Crippen LogP contribution is -3.15. The minimum absolute atomic E-state index is 0.0303. The Hall–Kier alpha value is -2.14. The van der Waals surface area contributed by atoms with Crippen LogP contribution in [0.2, 0.25) is 0 Å². The highest BCUT2D eigenvalue weighted by Gasteiger charge is 2.24. The van der Waals surface area contributed by atoms with Gasteiger partial charge in [0.15, 0.2) is 5.43 Å². The number of H-pyrrole nitrogens is 1. The van der Waals surface area contributed by atoms with E-state index in [0.717, 1.165) is 29.9 Å². The molecule has 2 N–H and O–H groups in total. The summed E-state index contributed by atoms with van der Waals surface area (Å²) in [7, 11) is 0. The second-order valence-corrected chi connectivity index (χ2v) is 7.02. The predicted octanol–water partition coefficient (Wildman–Crippen LogP) is 1.97. The zero-order chi connectivity index (χ0) is 18.0. The maximum Gasteiger partial charge on any atom is 0.338 e. The third-order valence-corrected chi connectivity index (χ3v) is 5.31. The van der Waals surface area contributed by atoms with E-state index < -0.39 is 0 Å². The van der Waals surface area contributed by atoms with Crippen LogP contribution in [0, 0.1) is 6.92 Å². The largest absolute Gasteiger partial charge is 0.462 e. The van der Waals surface area contributed by atoms with Crippen molar-refractivity contribution in [3.8, 4) is 0 Å².